The molecule has 4 heteroatoms. The van der Waals surface area contributed by atoms with Gasteiger partial charge in [-0.05, 0) is 18.8 Å². The zero-order valence-corrected chi connectivity index (χ0v) is 10.3. The van der Waals surface area contributed by atoms with Gasteiger partial charge in [-0.2, -0.15) is 4.98 Å². The van der Waals surface area contributed by atoms with E-state index < -0.39 is 5.54 Å². The lowest BCUT2D eigenvalue weighted by atomic mass is 9.92. The fourth-order valence-corrected chi connectivity index (χ4v) is 1.18. The summed E-state index contributed by atoms with van der Waals surface area (Å²) in [6, 6.07) is 0. The van der Waals surface area contributed by atoms with E-state index in [-0.39, 0.29) is 5.41 Å². The Labute approximate surface area is 91.2 Å². The van der Waals surface area contributed by atoms with Gasteiger partial charge in [-0.15, -0.1) is 0 Å². The number of hydrogen-bond acceptors (Lipinski definition) is 4. The van der Waals surface area contributed by atoms with Crippen LogP contribution >= 0.6 is 0 Å². The number of nitrogens with two attached hydrogens (primary N) is 1. The molecule has 1 atom stereocenters. The predicted molar refractivity (Wildman–Crippen MR) is 59.3 cm³/mol. The maximum atomic E-state index is 6.02. The molecule has 0 aliphatic heterocycles. The molecule has 0 saturated carbocycles. The van der Waals surface area contributed by atoms with E-state index in [0.29, 0.717) is 5.89 Å². The quantitative estimate of drug-likeness (QED) is 0.832. The van der Waals surface area contributed by atoms with E-state index >= 15 is 0 Å². The van der Waals surface area contributed by atoms with Crippen molar-refractivity contribution in [3.05, 3.63) is 11.7 Å². The second-order valence-corrected chi connectivity index (χ2v) is 5.52. The zero-order valence-electron chi connectivity index (χ0n) is 10.3. The summed E-state index contributed by atoms with van der Waals surface area (Å²) < 4.78 is 5.18. The molecule has 0 aromatic carbocycles. The van der Waals surface area contributed by atoms with Gasteiger partial charge in [0.05, 0.1) is 5.54 Å². The Hall–Kier alpha value is -0.900. The summed E-state index contributed by atoms with van der Waals surface area (Å²) in [7, 11) is 0. The first-order valence-corrected chi connectivity index (χ1v) is 5.36. The molecule has 1 rings (SSSR count). The Morgan fingerprint density at radius 1 is 1.27 bits per heavy atom. The maximum absolute atomic E-state index is 6.02. The number of aromatic nitrogens is 2. The van der Waals surface area contributed by atoms with Gasteiger partial charge < -0.3 is 10.3 Å². The van der Waals surface area contributed by atoms with Gasteiger partial charge in [0.1, 0.15) is 0 Å². The van der Waals surface area contributed by atoms with Crippen LogP contribution in [0.3, 0.4) is 0 Å². The topological polar surface area (TPSA) is 64.9 Å². The van der Waals surface area contributed by atoms with E-state index in [2.05, 4.69) is 30.9 Å². The van der Waals surface area contributed by atoms with Crippen molar-refractivity contribution in [2.75, 3.05) is 0 Å². The average Bonchev–Trinajstić information content (AvgIpc) is 2.50. The maximum Gasteiger partial charge on any atom is 0.246 e. The molecule has 1 aromatic heterocycles. The summed E-state index contributed by atoms with van der Waals surface area (Å²) in [6.45, 7) is 10.3. The highest BCUT2D eigenvalue weighted by atomic mass is 16.5. The number of rotatable bonds is 3. The van der Waals surface area contributed by atoms with Gasteiger partial charge in [0, 0.05) is 6.42 Å². The normalized spacial score (nSPS) is 16.4. The van der Waals surface area contributed by atoms with E-state index in [1.54, 1.807) is 0 Å². The lowest BCUT2D eigenvalue weighted by molar-refractivity contribution is 0.287. The molecule has 0 aliphatic rings. The highest BCUT2D eigenvalue weighted by molar-refractivity contribution is 5.00. The fourth-order valence-electron chi connectivity index (χ4n) is 1.18. The lowest BCUT2D eigenvalue weighted by Crippen LogP contribution is -2.32. The van der Waals surface area contributed by atoms with Crippen molar-refractivity contribution in [2.45, 2.75) is 53.0 Å². The summed E-state index contributed by atoms with van der Waals surface area (Å²) in [4.78, 5) is 4.34. The van der Waals surface area contributed by atoms with Crippen molar-refractivity contribution in [3.8, 4) is 0 Å². The Kier molecular flexibility index (Phi) is 3.19. The molecule has 2 N–H and O–H groups in total. The molecular weight excluding hydrogens is 190 g/mol. The van der Waals surface area contributed by atoms with E-state index in [9.17, 15) is 0 Å². The Morgan fingerprint density at radius 2 is 1.87 bits per heavy atom. The molecule has 0 amide bonds. The third-order valence-corrected chi connectivity index (χ3v) is 2.38. The molecule has 1 heterocycles. The number of nitrogens with zero attached hydrogens (tertiary/aromatic N) is 2. The fraction of sp³-hybridized carbons (Fsp3) is 0.818. The van der Waals surface area contributed by atoms with Crippen molar-refractivity contribution in [1.82, 2.24) is 10.1 Å². The minimum Gasteiger partial charge on any atom is -0.337 e. The third-order valence-electron chi connectivity index (χ3n) is 2.38. The van der Waals surface area contributed by atoms with Gasteiger partial charge in [0.15, 0.2) is 5.82 Å². The molecular formula is C11H21N3O. The van der Waals surface area contributed by atoms with Crippen LogP contribution in [-0.4, -0.2) is 10.1 Å². The van der Waals surface area contributed by atoms with Crippen LogP contribution in [0.1, 0.15) is 52.8 Å². The van der Waals surface area contributed by atoms with Gasteiger partial charge in [-0.25, -0.2) is 0 Å². The minimum atomic E-state index is -0.511. The Balaban J connectivity index is 2.81. The molecule has 86 valence electrons. The molecule has 0 radical (unpaired) electrons. The van der Waals surface area contributed by atoms with Gasteiger partial charge >= 0.3 is 0 Å². The van der Waals surface area contributed by atoms with Crippen molar-refractivity contribution in [3.63, 3.8) is 0 Å². The van der Waals surface area contributed by atoms with Crippen LogP contribution in [-0.2, 0) is 12.0 Å². The third kappa shape index (κ3) is 3.30. The zero-order chi connectivity index (χ0) is 11.7. The SMILES string of the molecule is CCC(C)(N)c1nc(CC(C)(C)C)no1. The van der Waals surface area contributed by atoms with Gasteiger partial charge in [-0.1, -0.05) is 32.9 Å². The first-order chi connectivity index (χ1) is 6.74. The van der Waals surface area contributed by atoms with Crippen molar-refractivity contribution < 1.29 is 4.52 Å². The molecule has 1 unspecified atom stereocenters. The molecule has 0 saturated heterocycles. The first-order valence-electron chi connectivity index (χ1n) is 5.36. The van der Waals surface area contributed by atoms with Crippen LogP contribution in [0.15, 0.2) is 4.52 Å². The monoisotopic (exact) mass is 211 g/mol. The van der Waals surface area contributed by atoms with Crippen molar-refractivity contribution >= 4 is 0 Å². The second kappa shape index (κ2) is 3.93. The van der Waals surface area contributed by atoms with E-state index in [1.165, 1.54) is 0 Å². The average molecular weight is 211 g/mol. The first kappa shape index (κ1) is 12.2. The molecule has 0 fully saturated rings. The van der Waals surface area contributed by atoms with Gasteiger partial charge in [0.2, 0.25) is 5.89 Å². The molecule has 0 aliphatic carbocycles. The van der Waals surface area contributed by atoms with E-state index in [0.717, 1.165) is 18.7 Å². The van der Waals surface area contributed by atoms with Crippen LogP contribution in [0.5, 0.6) is 0 Å². The summed E-state index contributed by atoms with van der Waals surface area (Å²) in [5.41, 5.74) is 5.67. The van der Waals surface area contributed by atoms with Crippen molar-refractivity contribution in [2.24, 2.45) is 11.1 Å². The van der Waals surface area contributed by atoms with Crippen LogP contribution in [0, 0.1) is 5.41 Å². The highest BCUT2D eigenvalue weighted by Crippen LogP contribution is 2.22. The molecule has 4 nitrogen and oxygen atoms in total. The van der Waals surface area contributed by atoms with Crippen LogP contribution < -0.4 is 5.73 Å². The summed E-state index contributed by atoms with van der Waals surface area (Å²) in [5.74, 6) is 1.27. The van der Waals surface area contributed by atoms with Crippen LogP contribution in [0.4, 0.5) is 0 Å². The predicted octanol–water partition coefficient (Wildman–Crippen LogP) is 2.24. The summed E-state index contributed by atoms with van der Waals surface area (Å²) >= 11 is 0. The smallest absolute Gasteiger partial charge is 0.246 e. The van der Waals surface area contributed by atoms with E-state index in [1.807, 2.05) is 13.8 Å². The van der Waals surface area contributed by atoms with Crippen LogP contribution in [0.25, 0.3) is 0 Å². The summed E-state index contributed by atoms with van der Waals surface area (Å²) in [6.07, 6.45) is 1.58. The van der Waals surface area contributed by atoms with Gasteiger partial charge in [0.25, 0.3) is 0 Å². The second-order valence-electron chi connectivity index (χ2n) is 5.52. The highest BCUT2D eigenvalue weighted by Gasteiger charge is 2.27. The minimum absolute atomic E-state index is 0.165. The Bertz CT molecular complexity index is 323. The molecule has 0 spiro atoms. The Morgan fingerprint density at radius 3 is 2.33 bits per heavy atom. The van der Waals surface area contributed by atoms with Gasteiger partial charge in [-0.3, -0.25) is 0 Å². The summed E-state index contributed by atoms with van der Waals surface area (Å²) in [5, 5.41) is 3.95. The van der Waals surface area contributed by atoms with Crippen LogP contribution in [0.2, 0.25) is 0 Å². The number of hydrogen-bond donors (Lipinski definition) is 1. The molecule has 15 heavy (non-hydrogen) atoms. The standard InChI is InChI=1S/C11H21N3O/c1-6-11(5,12)9-13-8(14-15-9)7-10(2,3)4/h6-7,12H2,1-5H3. The van der Waals surface area contributed by atoms with Crippen molar-refractivity contribution in [1.29, 1.82) is 0 Å². The van der Waals surface area contributed by atoms with E-state index in [4.69, 9.17) is 10.3 Å². The largest absolute Gasteiger partial charge is 0.337 e. The molecule has 1 aromatic rings. The lowest BCUT2D eigenvalue weighted by Gasteiger charge is -2.16. The molecule has 0 bridgehead atoms.